The Labute approximate surface area is 107 Å². The van der Waals surface area contributed by atoms with Crippen LogP contribution in [0.25, 0.3) is 0 Å². The molecule has 2 saturated carbocycles. The van der Waals surface area contributed by atoms with Crippen LogP contribution in [-0.4, -0.2) is 28.0 Å². The summed E-state index contributed by atoms with van der Waals surface area (Å²) in [6, 6.07) is 0.584. The first-order chi connectivity index (χ1) is 8.75. The van der Waals surface area contributed by atoms with E-state index in [0.29, 0.717) is 12.6 Å². The summed E-state index contributed by atoms with van der Waals surface area (Å²) in [5, 5.41) is 3.20. The fraction of sp³-hybridized carbons (Fsp3) is 0.692. The molecular weight excluding hydrogens is 228 g/mol. The Balaban J connectivity index is 1.67. The molecule has 1 aromatic rings. The zero-order chi connectivity index (χ0) is 12.6. The van der Waals surface area contributed by atoms with Gasteiger partial charge in [0.2, 0.25) is 5.91 Å². The van der Waals surface area contributed by atoms with E-state index in [4.69, 9.17) is 5.73 Å². The van der Waals surface area contributed by atoms with Crippen LogP contribution in [0.5, 0.6) is 0 Å². The van der Waals surface area contributed by atoms with E-state index in [-0.39, 0.29) is 17.4 Å². The fourth-order valence-corrected chi connectivity index (χ4v) is 2.93. The Bertz CT molecular complexity index is 424. The maximum Gasteiger partial charge on any atom is 0.227 e. The molecule has 2 aliphatic rings. The van der Waals surface area contributed by atoms with E-state index in [2.05, 4.69) is 14.9 Å². The van der Waals surface area contributed by atoms with Gasteiger partial charge in [0.1, 0.15) is 0 Å². The normalized spacial score (nSPS) is 29.2. The maximum atomic E-state index is 12.2. The molecule has 0 radical (unpaired) electrons. The summed E-state index contributed by atoms with van der Waals surface area (Å²) in [6.45, 7) is 0.474. The quantitative estimate of drug-likeness (QED) is 0.829. The summed E-state index contributed by atoms with van der Waals surface area (Å²) in [4.78, 5) is 16.3. The molecule has 5 nitrogen and oxygen atoms in total. The van der Waals surface area contributed by atoms with Gasteiger partial charge in [-0.25, -0.2) is 4.98 Å². The number of carbonyl (C=O) groups is 1. The molecule has 98 valence electrons. The zero-order valence-corrected chi connectivity index (χ0v) is 10.5. The topological polar surface area (TPSA) is 72.9 Å². The van der Waals surface area contributed by atoms with Crippen LogP contribution in [-0.2, 0) is 4.79 Å². The van der Waals surface area contributed by atoms with Gasteiger partial charge in [0, 0.05) is 25.0 Å². The summed E-state index contributed by atoms with van der Waals surface area (Å²) >= 11 is 0. The molecule has 18 heavy (non-hydrogen) atoms. The lowest BCUT2D eigenvalue weighted by molar-refractivity contribution is -0.126. The van der Waals surface area contributed by atoms with E-state index in [1.54, 1.807) is 6.20 Å². The number of carbonyl (C=O) groups excluding carboxylic acids is 1. The molecule has 0 aromatic carbocycles. The molecule has 3 N–H and O–H groups in total. The Morgan fingerprint density at radius 2 is 2.33 bits per heavy atom. The number of hydrogen-bond donors (Lipinski definition) is 2. The Kier molecular flexibility index (Phi) is 2.86. The number of nitrogens with zero attached hydrogens (tertiary/aromatic N) is 2. The molecule has 2 aliphatic carbocycles. The molecule has 1 aromatic heterocycles. The molecule has 5 heteroatoms. The first kappa shape index (κ1) is 11.7. The van der Waals surface area contributed by atoms with Crippen LogP contribution < -0.4 is 11.1 Å². The minimum absolute atomic E-state index is 0.155. The van der Waals surface area contributed by atoms with Gasteiger partial charge >= 0.3 is 0 Å². The Morgan fingerprint density at radius 3 is 2.94 bits per heavy atom. The van der Waals surface area contributed by atoms with Crippen LogP contribution in [0.2, 0.25) is 0 Å². The third kappa shape index (κ3) is 1.92. The zero-order valence-electron chi connectivity index (χ0n) is 10.5. The molecule has 0 aliphatic heterocycles. The van der Waals surface area contributed by atoms with Crippen molar-refractivity contribution in [2.45, 2.75) is 44.2 Å². The van der Waals surface area contributed by atoms with Crippen molar-refractivity contribution in [3.8, 4) is 0 Å². The van der Waals surface area contributed by atoms with E-state index < -0.39 is 0 Å². The van der Waals surface area contributed by atoms with Crippen molar-refractivity contribution in [2.75, 3.05) is 6.54 Å². The molecule has 2 unspecified atom stereocenters. The summed E-state index contributed by atoms with van der Waals surface area (Å²) in [6.07, 6.45) is 10.8. The van der Waals surface area contributed by atoms with Gasteiger partial charge in [0.05, 0.1) is 17.8 Å². The minimum atomic E-state index is -0.248. The van der Waals surface area contributed by atoms with Crippen LogP contribution in [0.1, 0.15) is 38.1 Å². The van der Waals surface area contributed by atoms with Gasteiger partial charge in [-0.3, -0.25) is 4.79 Å². The van der Waals surface area contributed by atoms with Crippen LogP contribution in [0.15, 0.2) is 18.7 Å². The third-order valence-corrected chi connectivity index (χ3v) is 4.43. The molecular formula is C13H20N4O. The number of hydrogen-bond acceptors (Lipinski definition) is 3. The number of rotatable bonds is 4. The third-order valence-electron chi connectivity index (χ3n) is 4.43. The van der Waals surface area contributed by atoms with E-state index in [9.17, 15) is 4.79 Å². The predicted molar refractivity (Wildman–Crippen MR) is 67.8 cm³/mol. The lowest BCUT2D eigenvalue weighted by Gasteiger charge is -2.24. The average molecular weight is 248 g/mol. The smallest absolute Gasteiger partial charge is 0.227 e. The standard InChI is InChI=1S/C13H20N4O/c14-8-13(4-5-13)12(18)16-10-2-1-3-11(10)17-7-6-15-9-17/h6-7,9-11H,1-5,8,14H2,(H,16,18). The Hall–Kier alpha value is -1.36. The molecule has 0 bridgehead atoms. The predicted octanol–water partition coefficient (Wildman–Crippen LogP) is 0.832. The fourth-order valence-electron chi connectivity index (χ4n) is 2.93. The molecule has 0 saturated heterocycles. The van der Waals surface area contributed by atoms with Crippen molar-refractivity contribution in [1.29, 1.82) is 0 Å². The van der Waals surface area contributed by atoms with Crippen LogP contribution in [0.4, 0.5) is 0 Å². The van der Waals surface area contributed by atoms with Gasteiger partial charge in [-0.15, -0.1) is 0 Å². The van der Waals surface area contributed by atoms with Gasteiger partial charge in [0.15, 0.2) is 0 Å². The highest BCUT2D eigenvalue weighted by molar-refractivity contribution is 5.85. The SMILES string of the molecule is NCC1(C(=O)NC2CCCC2n2ccnc2)CC1. The molecule has 1 heterocycles. The van der Waals surface area contributed by atoms with Gasteiger partial charge in [-0.05, 0) is 32.1 Å². The average Bonchev–Trinajstić information content (AvgIpc) is 2.78. The van der Waals surface area contributed by atoms with Gasteiger partial charge in [-0.2, -0.15) is 0 Å². The van der Waals surface area contributed by atoms with Crippen molar-refractivity contribution in [3.63, 3.8) is 0 Å². The van der Waals surface area contributed by atoms with Gasteiger partial charge in [-0.1, -0.05) is 0 Å². The second kappa shape index (κ2) is 4.39. The van der Waals surface area contributed by atoms with Crippen molar-refractivity contribution >= 4 is 5.91 Å². The van der Waals surface area contributed by atoms with Crippen LogP contribution in [0.3, 0.4) is 0 Å². The highest BCUT2D eigenvalue weighted by Crippen LogP contribution is 2.45. The van der Waals surface area contributed by atoms with Crippen LogP contribution >= 0.6 is 0 Å². The molecule has 3 rings (SSSR count). The number of imidazole rings is 1. The highest BCUT2D eigenvalue weighted by atomic mass is 16.2. The number of aromatic nitrogens is 2. The van der Waals surface area contributed by atoms with E-state index >= 15 is 0 Å². The summed E-state index contributed by atoms with van der Waals surface area (Å²) in [7, 11) is 0. The van der Waals surface area contributed by atoms with Crippen molar-refractivity contribution in [3.05, 3.63) is 18.7 Å². The van der Waals surface area contributed by atoms with Gasteiger partial charge in [0.25, 0.3) is 0 Å². The van der Waals surface area contributed by atoms with E-state index in [0.717, 1.165) is 32.1 Å². The number of amides is 1. The summed E-state index contributed by atoms with van der Waals surface area (Å²) in [5.41, 5.74) is 5.45. The second-order valence-electron chi connectivity index (χ2n) is 5.57. The largest absolute Gasteiger partial charge is 0.351 e. The first-order valence-corrected chi connectivity index (χ1v) is 6.74. The molecule has 0 spiro atoms. The van der Waals surface area contributed by atoms with Crippen molar-refractivity contribution < 1.29 is 4.79 Å². The van der Waals surface area contributed by atoms with E-state index in [1.165, 1.54) is 0 Å². The minimum Gasteiger partial charge on any atom is -0.351 e. The van der Waals surface area contributed by atoms with Crippen LogP contribution in [0, 0.1) is 5.41 Å². The number of nitrogens with one attached hydrogen (secondary N) is 1. The Morgan fingerprint density at radius 1 is 1.50 bits per heavy atom. The molecule has 1 amide bonds. The van der Waals surface area contributed by atoms with E-state index in [1.807, 2.05) is 12.5 Å². The summed E-state index contributed by atoms with van der Waals surface area (Å²) in [5.74, 6) is 0.155. The lowest BCUT2D eigenvalue weighted by Crippen LogP contribution is -2.44. The van der Waals surface area contributed by atoms with Gasteiger partial charge < -0.3 is 15.6 Å². The monoisotopic (exact) mass is 248 g/mol. The van der Waals surface area contributed by atoms with Crippen molar-refractivity contribution in [2.24, 2.45) is 11.1 Å². The first-order valence-electron chi connectivity index (χ1n) is 6.74. The van der Waals surface area contributed by atoms with Crippen molar-refractivity contribution in [1.82, 2.24) is 14.9 Å². The lowest BCUT2D eigenvalue weighted by atomic mass is 10.0. The highest BCUT2D eigenvalue weighted by Gasteiger charge is 2.49. The second-order valence-corrected chi connectivity index (χ2v) is 5.57. The molecule has 2 fully saturated rings. The molecule has 2 atom stereocenters. The maximum absolute atomic E-state index is 12.2. The number of nitrogens with two attached hydrogens (primary N) is 1. The summed E-state index contributed by atoms with van der Waals surface area (Å²) < 4.78 is 2.11.